The van der Waals surface area contributed by atoms with E-state index in [1.165, 1.54) is 23.4 Å². The topological polar surface area (TPSA) is 58.2 Å². The number of carbonyl (C=O) groups excluding carboxylic acids is 2. The van der Waals surface area contributed by atoms with Gasteiger partial charge in [0, 0.05) is 23.9 Å². The van der Waals surface area contributed by atoms with Crippen LogP contribution in [0.5, 0.6) is 0 Å². The van der Waals surface area contributed by atoms with Crippen LogP contribution in [-0.4, -0.2) is 11.8 Å². The van der Waals surface area contributed by atoms with Crippen molar-refractivity contribution in [2.45, 2.75) is 19.8 Å². The van der Waals surface area contributed by atoms with Gasteiger partial charge < -0.3 is 10.6 Å². The van der Waals surface area contributed by atoms with E-state index in [1.54, 1.807) is 18.2 Å². The highest BCUT2D eigenvalue weighted by molar-refractivity contribution is 6.14. The Balaban J connectivity index is 1.67. The lowest BCUT2D eigenvalue weighted by atomic mass is 9.99. The van der Waals surface area contributed by atoms with Crippen molar-refractivity contribution in [3.05, 3.63) is 71.3 Å². The highest BCUT2D eigenvalue weighted by Crippen LogP contribution is 2.33. The minimum atomic E-state index is -0.143. The van der Waals surface area contributed by atoms with Crippen LogP contribution < -0.4 is 10.6 Å². The predicted octanol–water partition coefficient (Wildman–Crippen LogP) is 4.15. The van der Waals surface area contributed by atoms with Gasteiger partial charge in [-0.15, -0.1) is 0 Å². The molecule has 25 heavy (non-hydrogen) atoms. The second-order valence-corrected chi connectivity index (χ2v) is 6.33. The van der Waals surface area contributed by atoms with Gasteiger partial charge in [-0.3, -0.25) is 9.59 Å². The summed E-state index contributed by atoms with van der Waals surface area (Å²) in [6.45, 7) is 1.46. The molecule has 2 N–H and O–H groups in total. The highest BCUT2D eigenvalue weighted by atomic mass is 16.2. The minimum Gasteiger partial charge on any atom is -0.326 e. The molecule has 0 aromatic heterocycles. The third-order valence-corrected chi connectivity index (χ3v) is 4.56. The molecule has 0 heterocycles. The smallest absolute Gasteiger partial charge is 0.256 e. The van der Waals surface area contributed by atoms with Crippen LogP contribution in [0.25, 0.3) is 10.8 Å². The Morgan fingerprint density at radius 2 is 1.52 bits per heavy atom. The van der Waals surface area contributed by atoms with Gasteiger partial charge in [0.25, 0.3) is 5.91 Å². The molecule has 0 saturated carbocycles. The van der Waals surface area contributed by atoms with Crippen molar-refractivity contribution in [2.75, 3.05) is 10.6 Å². The summed E-state index contributed by atoms with van der Waals surface area (Å²) in [6, 6.07) is 17.3. The van der Waals surface area contributed by atoms with Gasteiger partial charge in [0.15, 0.2) is 0 Å². The monoisotopic (exact) mass is 330 g/mol. The molecule has 0 fully saturated rings. The Kier molecular flexibility index (Phi) is 3.73. The molecule has 0 spiro atoms. The Hall–Kier alpha value is -3.14. The molecule has 2 amide bonds. The van der Waals surface area contributed by atoms with Crippen LogP contribution in [-0.2, 0) is 17.6 Å². The summed E-state index contributed by atoms with van der Waals surface area (Å²) in [7, 11) is 0. The summed E-state index contributed by atoms with van der Waals surface area (Å²) in [6.07, 6.45) is 2.08. The van der Waals surface area contributed by atoms with E-state index >= 15 is 0 Å². The van der Waals surface area contributed by atoms with Crippen LogP contribution in [0.2, 0.25) is 0 Å². The van der Waals surface area contributed by atoms with Crippen molar-refractivity contribution < 1.29 is 9.59 Å². The maximum Gasteiger partial charge on any atom is 0.256 e. The fourth-order valence-electron chi connectivity index (χ4n) is 3.52. The molecule has 1 aliphatic carbocycles. The van der Waals surface area contributed by atoms with Crippen molar-refractivity contribution in [3.8, 4) is 0 Å². The zero-order chi connectivity index (χ0) is 17.4. The van der Waals surface area contributed by atoms with E-state index in [1.807, 2.05) is 24.3 Å². The molecular weight excluding hydrogens is 312 g/mol. The van der Waals surface area contributed by atoms with Crippen LogP contribution in [0, 0.1) is 0 Å². The predicted molar refractivity (Wildman–Crippen MR) is 100 cm³/mol. The van der Waals surface area contributed by atoms with Gasteiger partial charge in [-0.05, 0) is 59.0 Å². The van der Waals surface area contributed by atoms with Crippen molar-refractivity contribution in [2.24, 2.45) is 0 Å². The number of hydrogen-bond donors (Lipinski definition) is 2. The number of rotatable bonds is 3. The van der Waals surface area contributed by atoms with Gasteiger partial charge in [-0.1, -0.05) is 30.3 Å². The number of carbonyl (C=O) groups is 2. The van der Waals surface area contributed by atoms with Crippen LogP contribution in [0.3, 0.4) is 0 Å². The van der Waals surface area contributed by atoms with Crippen LogP contribution >= 0.6 is 0 Å². The maximum absolute atomic E-state index is 12.8. The molecule has 0 unspecified atom stereocenters. The summed E-state index contributed by atoms with van der Waals surface area (Å²) in [5, 5.41) is 7.88. The minimum absolute atomic E-state index is 0.143. The van der Waals surface area contributed by atoms with E-state index in [0.29, 0.717) is 16.9 Å². The average Bonchev–Trinajstić information content (AvgIpc) is 3.00. The zero-order valence-electron chi connectivity index (χ0n) is 13.9. The third kappa shape index (κ3) is 2.87. The number of anilines is 2. The number of nitrogens with one attached hydrogen (secondary N) is 2. The first-order valence-electron chi connectivity index (χ1n) is 8.34. The highest BCUT2D eigenvalue weighted by Gasteiger charge is 2.18. The van der Waals surface area contributed by atoms with Gasteiger partial charge in [0.1, 0.15) is 0 Å². The first-order chi connectivity index (χ1) is 12.1. The van der Waals surface area contributed by atoms with Crippen molar-refractivity contribution >= 4 is 34.0 Å². The summed E-state index contributed by atoms with van der Waals surface area (Å²) in [5.74, 6) is -0.286. The SMILES string of the molecule is CC(=O)Nc1cccc(NC(=O)c2ccc3c4c(cccc24)CC3)c1. The van der Waals surface area contributed by atoms with Gasteiger partial charge in [-0.25, -0.2) is 0 Å². The summed E-state index contributed by atoms with van der Waals surface area (Å²) >= 11 is 0. The molecule has 0 atom stereocenters. The Bertz CT molecular complexity index is 998. The molecular formula is C21H18N2O2. The molecule has 4 heteroatoms. The number of amides is 2. The molecule has 124 valence electrons. The zero-order valence-corrected chi connectivity index (χ0v) is 13.9. The second kappa shape index (κ2) is 6.06. The van der Waals surface area contributed by atoms with Gasteiger partial charge in [0.2, 0.25) is 5.91 Å². The molecule has 0 bridgehead atoms. The molecule has 0 aliphatic heterocycles. The van der Waals surface area contributed by atoms with Gasteiger partial charge >= 0.3 is 0 Å². The molecule has 0 radical (unpaired) electrons. The molecule has 1 aliphatic rings. The quantitative estimate of drug-likeness (QED) is 0.758. The van der Waals surface area contributed by atoms with E-state index in [9.17, 15) is 9.59 Å². The molecule has 4 rings (SSSR count). The Morgan fingerprint density at radius 3 is 2.28 bits per heavy atom. The maximum atomic E-state index is 12.8. The van der Waals surface area contributed by atoms with Crippen molar-refractivity contribution in [3.63, 3.8) is 0 Å². The number of benzene rings is 3. The lowest BCUT2D eigenvalue weighted by Crippen LogP contribution is -2.13. The lowest BCUT2D eigenvalue weighted by Gasteiger charge is -2.11. The Labute approximate surface area is 145 Å². The molecule has 4 nitrogen and oxygen atoms in total. The van der Waals surface area contributed by atoms with E-state index in [4.69, 9.17) is 0 Å². The molecule has 3 aromatic rings. The number of aryl methyl sites for hydroxylation is 2. The van der Waals surface area contributed by atoms with E-state index in [-0.39, 0.29) is 11.8 Å². The lowest BCUT2D eigenvalue weighted by molar-refractivity contribution is -0.114. The Morgan fingerprint density at radius 1 is 0.840 bits per heavy atom. The van der Waals surface area contributed by atoms with Crippen LogP contribution in [0.4, 0.5) is 11.4 Å². The van der Waals surface area contributed by atoms with Crippen molar-refractivity contribution in [1.29, 1.82) is 0 Å². The largest absolute Gasteiger partial charge is 0.326 e. The fraction of sp³-hybridized carbons (Fsp3) is 0.143. The first-order valence-corrected chi connectivity index (χ1v) is 8.34. The first kappa shape index (κ1) is 15.4. The molecule has 3 aromatic carbocycles. The summed E-state index contributed by atoms with van der Waals surface area (Å²) in [5.41, 5.74) is 4.61. The standard InChI is InChI=1S/C21H18N2O2/c1-13(24)22-16-5-3-6-17(12-16)23-21(25)19-11-10-15-9-8-14-4-2-7-18(19)20(14)15/h2-7,10-12H,8-9H2,1H3,(H,22,24)(H,23,25). The third-order valence-electron chi connectivity index (χ3n) is 4.56. The summed E-state index contributed by atoms with van der Waals surface area (Å²) in [4.78, 5) is 24.0. The summed E-state index contributed by atoms with van der Waals surface area (Å²) < 4.78 is 0. The van der Waals surface area contributed by atoms with Gasteiger partial charge in [0.05, 0.1) is 0 Å². The fourth-order valence-corrected chi connectivity index (χ4v) is 3.52. The van der Waals surface area contributed by atoms with E-state index in [0.717, 1.165) is 18.2 Å². The van der Waals surface area contributed by atoms with Crippen LogP contribution in [0.15, 0.2) is 54.6 Å². The van der Waals surface area contributed by atoms with Crippen LogP contribution in [0.1, 0.15) is 28.4 Å². The van der Waals surface area contributed by atoms with Gasteiger partial charge in [-0.2, -0.15) is 0 Å². The average molecular weight is 330 g/mol. The van der Waals surface area contributed by atoms with E-state index in [2.05, 4.69) is 22.8 Å². The second-order valence-electron chi connectivity index (χ2n) is 6.33. The number of hydrogen-bond acceptors (Lipinski definition) is 2. The van der Waals surface area contributed by atoms with E-state index < -0.39 is 0 Å². The molecule has 0 saturated heterocycles. The van der Waals surface area contributed by atoms with Crippen molar-refractivity contribution in [1.82, 2.24) is 0 Å². The normalized spacial score (nSPS) is 12.2.